The summed E-state index contributed by atoms with van der Waals surface area (Å²) in [6.07, 6.45) is 4.03. The summed E-state index contributed by atoms with van der Waals surface area (Å²) in [4.78, 5) is 34.3. The Hall–Kier alpha value is -1.99. The molecule has 6 nitrogen and oxygen atoms in total. The SMILES string of the molecule is C[C@H]1[C@H](NC(=O)c2cc3sc(C(=O)N4CC4)cc3cn2)C2CCN1CC2. The molecule has 2 atom stereocenters. The van der Waals surface area contributed by atoms with E-state index in [1.165, 1.54) is 11.3 Å². The van der Waals surface area contributed by atoms with Gasteiger partial charge in [-0.05, 0) is 50.9 Å². The molecule has 0 unspecified atom stereocenters. The zero-order valence-corrected chi connectivity index (χ0v) is 15.6. The molecule has 4 saturated heterocycles. The number of thiophene rings is 1. The Balaban J connectivity index is 1.36. The van der Waals surface area contributed by atoms with Crippen molar-refractivity contribution in [3.63, 3.8) is 0 Å². The van der Waals surface area contributed by atoms with E-state index >= 15 is 0 Å². The summed E-state index contributed by atoms with van der Waals surface area (Å²) in [6, 6.07) is 4.28. The van der Waals surface area contributed by atoms with Gasteiger partial charge in [-0.2, -0.15) is 0 Å². The number of carbonyl (C=O) groups is 2. The fraction of sp³-hybridized carbons (Fsp3) is 0.526. The van der Waals surface area contributed by atoms with Crippen LogP contribution in [0.25, 0.3) is 10.1 Å². The van der Waals surface area contributed by atoms with E-state index in [0.29, 0.717) is 17.7 Å². The van der Waals surface area contributed by atoms with Gasteiger partial charge in [0.15, 0.2) is 0 Å². The first-order valence-electron chi connectivity index (χ1n) is 9.34. The third kappa shape index (κ3) is 2.70. The monoisotopic (exact) mass is 370 g/mol. The van der Waals surface area contributed by atoms with Gasteiger partial charge in [0.05, 0.1) is 4.88 Å². The van der Waals surface area contributed by atoms with Gasteiger partial charge in [-0.3, -0.25) is 19.5 Å². The number of nitrogens with one attached hydrogen (secondary N) is 1. The number of amides is 2. The lowest BCUT2D eigenvalue weighted by Crippen LogP contribution is -2.62. The van der Waals surface area contributed by atoms with Crippen LogP contribution in [0.15, 0.2) is 18.3 Å². The van der Waals surface area contributed by atoms with Gasteiger partial charge < -0.3 is 10.2 Å². The van der Waals surface area contributed by atoms with E-state index in [-0.39, 0.29) is 17.9 Å². The summed E-state index contributed by atoms with van der Waals surface area (Å²) in [7, 11) is 0. The lowest BCUT2D eigenvalue weighted by molar-refractivity contribution is 0.0216. The second kappa shape index (κ2) is 6.03. The van der Waals surface area contributed by atoms with Crippen LogP contribution >= 0.6 is 11.3 Å². The predicted molar refractivity (Wildman–Crippen MR) is 101 cm³/mol. The van der Waals surface area contributed by atoms with Gasteiger partial charge >= 0.3 is 0 Å². The minimum absolute atomic E-state index is 0.0818. The van der Waals surface area contributed by atoms with Crippen molar-refractivity contribution in [2.24, 2.45) is 5.92 Å². The van der Waals surface area contributed by atoms with Gasteiger partial charge in [0.2, 0.25) is 0 Å². The molecule has 0 aliphatic carbocycles. The van der Waals surface area contributed by atoms with Crippen molar-refractivity contribution in [1.82, 2.24) is 20.1 Å². The van der Waals surface area contributed by atoms with Gasteiger partial charge in [-0.15, -0.1) is 11.3 Å². The van der Waals surface area contributed by atoms with Gasteiger partial charge in [0, 0.05) is 41.5 Å². The molecule has 6 rings (SSSR count). The highest BCUT2D eigenvalue weighted by molar-refractivity contribution is 7.20. The smallest absolute Gasteiger partial charge is 0.270 e. The number of rotatable bonds is 3. The normalized spacial score (nSPS) is 29.8. The number of fused-ring (bicyclic) bond motifs is 4. The Morgan fingerprint density at radius 1 is 1.19 bits per heavy atom. The van der Waals surface area contributed by atoms with Gasteiger partial charge in [-0.25, -0.2) is 0 Å². The summed E-state index contributed by atoms with van der Waals surface area (Å²) in [5.74, 6) is 0.546. The van der Waals surface area contributed by atoms with Crippen LogP contribution in [0.3, 0.4) is 0 Å². The Morgan fingerprint density at radius 3 is 2.65 bits per heavy atom. The highest BCUT2D eigenvalue weighted by Crippen LogP contribution is 2.32. The molecule has 0 saturated carbocycles. The summed E-state index contributed by atoms with van der Waals surface area (Å²) < 4.78 is 0.942. The molecule has 26 heavy (non-hydrogen) atoms. The second-order valence-electron chi connectivity index (χ2n) is 7.62. The van der Waals surface area contributed by atoms with Crippen molar-refractivity contribution >= 4 is 33.2 Å². The van der Waals surface area contributed by atoms with E-state index in [0.717, 1.165) is 54.0 Å². The van der Waals surface area contributed by atoms with E-state index < -0.39 is 0 Å². The Morgan fingerprint density at radius 2 is 1.96 bits per heavy atom. The quantitative estimate of drug-likeness (QED) is 0.839. The van der Waals surface area contributed by atoms with Crippen molar-refractivity contribution in [3.05, 3.63) is 28.9 Å². The van der Waals surface area contributed by atoms with Crippen molar-refractivity contribution in [2.45, 2.75) is 31.8 Å². The maximum Gasteiger partial charge on any atom is 0.270 e. The van der Waals surface area contributed by atoms with Crippen molar-refractivity contribution in [3.8, 4) is 0 Å². The fourth-order valence-electron chi connectivity index (χ4n) is 4.34. The molecule has 136 valence electrons. The van der Waals surface area contributed by atoms with E-state index in [4.69, 9.17) is 0 Å². The van der Waals surface area contributed by atoms with Crippen LogP contribution in [0.2, 0.25) is 0 Å². The van der Waals surface area contributed by atoms with Crippen LogP contribution in [0, 0.1) is 5.92 Å². The summed E-state index contributed by atoms with van der Waals surface area (Å²) in [6.45, 7) is 6.18. The van der Waals surface area contributed by atoms with E-state index in [2.05, 4.69) is 22.1 Å². The number of nitrogens with zero attached hydrogens (tertiary/aromatic N) is 3. The first-order chi connectivity index (χ1) is 12.6. The summed E-state index contributed by atoms with van der Waals surface area (Å²) in [5, 5.41) is 4.15. The molecule has 2 aromatic rings. The fourth-order valence-corrected chi connectivity index (χ4v) is 5.38. The van der Waals surface area contributed by atoms with E-state index in [9.17, 15) is 9.59 Å². The second-order valence-corrected chi connectivity index (χ2v) is 8.71. The Labute approximate surface area is 156 Å². The Kier molecular flexibility index (Phi) is 3.76. The van der Waals surface area contributed by atoms with Crippen LogP contribution in [0.5, 0.6) is 0 Å². The molecule has 7 heteroatoms. The number of piperidine rings is 3. The zero-order chi connectivity index (χ0) is 17.8. The zero-order valence-electron chi connectivity index (χ0n) is 14.8. The van der Waals surface area contributed by atoms with Crippen molar-refractivity contribution in [1.29, 1.82) is 0 Å². The van der Waals surface area contributed by atoms with E-state index in [1.807, 2.05) is 12.1 Å². The average molecular weight is 370 g/mol. The molecule has 0 spiro atoms. The molecule has 4 fully saturated rings. The highest BCUT2D eigenvalue weighted by atomic mass is 32.1. The lowest BCUT2D eigenvalue weighted by atomic mass is 9.79. The first kappa shape index (κ1) is 16.2. The van der Waals surface area contributed by atoms with Crippen LogP contribution < -0.4 is 5.32 Å². The molecular formula is C19H22N4O2S. The van der Waals surface area contributed by atoms with Crippen molar-refractivity contribution in [2.75, 3.05) is 26.2 Å². The topological polar surface area (TPSA) is 65.3 Å². The average Bonchev–Trinajstić information content (AvgIpc) is 3.42. The molecular weight excluding hydrogens is 348 g/mol. The van der Waals surface area contributed by atoms with Crippen LogP contribution in [-0.4, -0.2) is 64.9 Å². The first-order valence-corrected chi connectivity index (χ1v) is 10.2. The highest BCUT2D eigenvalue weighted by Gasteiger charge is 2.40. The van der Waals surface area contributed by atoms with E-state index in [1.54, 1.807) is 11.1 Å². The minimum atomic E-state index is -0.107. The molecule has 2 amide bonds. The molecule has 0 aromatic carbocycles. The number of hydrogen-bond acceptors (Lipinski definition) is 5. The summed E-state index contributed by atoms with van der Waals surface area (Å²) >= 11 is 1.44. The van der Waals surface area contributed by atoms with Crippen molar-refractivity contribution < 1.29 is 9.59 Å². The molecule has 4 aliphatic rings. The molecule has 0 radical (unpaired) electrons. The van der Waals surface area contributed by atoms with Gasteiger partial charge in [0.1, 0.15) is 5.69 Å². The number of pyridine rings is 1. The number of hydrogen-bond donors (Lipinski definition) is 1. The maximum absolute atomic E-state index is 12.8. The summed E-state index contributed by atoms with van der Waals surface area (Å²) in [5.41, 5.74) is 0.439. The number of carbonyl (C=O) groups excluding carboxylic acids is 2. The van der Waals surface area contributed by atoms with Crippen LogP contribution in [0.4, 0.5) is 0 Å². The standard InChI is InChI=1S/C19H22N4O2S/c1-11-17(12-2-4-22(11)5-3-12)21-18(24)14-9-15-13(10-20-14)8-16(26-15)19(25)23-6-7-23/h8-12,17H,2-7H2,1H3,(H,21,24)/t11-,17-/m0/s1. The number of aromatic nitrogens is 1. The third-order valence-corrected chi connectivity index (χ3v) is 7.14. The molecule has 4 aliphatic heterocycles. The maximum atomic E-state index is 12.8. The largest absolute Gasteiger partial charge is 0.346 e. The van der Waals surface area contributed by atoms with Crippen LogP contribution in [0.1, 0.15) is 39.9 Å². The van der Waals surface area contributed by atoms with Gasteiger partial charge in [-0.1, -0.05) is 0 Å². The molecule has 2 bridgehead atoms. The van der Waals surface area contributed by atoms with Gasteiger partial charge in [0.25, 0.3) is 11.8 Å². The lowest BCUT2D eigenvalue weighted by Gasteiger charge is -2.49. The Bertz CT molecular complexity index is 881. The molecule has 6 heterocycles. The minimum Gasteiger partial charge on any atom is -0.346 e. The third-order valence-electron chi connectivity index (χ3n) is 6.05. The van der Waals surface area contributed by atoms with Crippen LogP contribution in [-0.2, 0) is 0 Å². The predicted octanol–water partition coefficient (Wildman–Crippen LogP) is 1.96. The molecule has 2 aromatic heterocycles. The molecule has 1 N–H and O–H groups in total.